The predicted octanol–water partition coefficient (Wildman–Crippen LogP) is 0.290. The Labute approximate surface area is 124 Å². The molecule has 21 heavy (non-hydrogen) atoms. The first-order chi connectivity index (χ1) is 9.89. The van der Waals surface area contributed by atoms with E-state index in [1.54, 1.807) is 11.6 Å². The van der Waals surface area contributed by atoms with Crippen molar-refractivity contribution in [2.75, 3.05) is 0 Å². The van der Waals surface area contributed by atoms with Gasteiger partial charge in [-0.1, -0.05) is 0 Å². The third-order valence-electron chi connectivity index (χ3n) is 4.46. The maximum atomic E-state index is 12.2. The first-order valence-corrected chi connectivity index (χ1v) is 8.68. The molecule has 1 aliphatic heterocycles. The zero-order valence-electron chi connectivity index (χ0n) is 12.0. The Kier molecular flexibility index (Phi) is 3.53. The molecule has 1 aromatic heterocycles. The van der Waals surface area contributed by atoms with Crippen molar-refractivity contribution in [3.05, 3.63) is 12.5 Å². The fourth-order valence-electron chi connectivity index (χ4n) is 3.24. The SMILES string of the molecule is Cn1cnc(S(=O)(=O)NC2CCC3(CCC(=O)N3)CC2)c1. The molecule has 2 N–H and O–H groups in total. The number of imidazole rings is 1. The second kappa shape index (κ2) is 5.10. The second-order valence-electron chi connectivity index (χ2n) is 6.10. The van der Waals surface area contributed by atoms with Crippen molar-refractivity contribution in [3.8, 4) is 0 Å². The van der Waals surface area contributed by atoms with Gasteiger partial charge in [0.05, 0.1) is 6.33 Å². The van der Waals surface area contributed by atoms with Crippen molar-refractivity contribution in [1.29, 1.82) is 0 Å². The Hall–Kier alpha value is -1.41. The van der Waals surface area contributed by atoms with Gasteiger partial charge in [-0.15, -0.1) is 0 Å². The summed E-state index contributed by atoms with van der Waals surface area (Å²) in [4.78, 5) is 15.3. The summed E-state index contributed by atoms with van der Waals surface area (Å²) in [7, 11) is -1.82. The van der Waals surface area contributed by atoms with Crippen LogP contribution in [0.15, 0.2) is 17.6 Å². The number of rotatable bonds is 3. The molecule has 1 aliphatic carbocycles. The molecule has 8 heteroatoms. The van der Waals surface area contributed by atoms with Gasteiger partial charge in [0.1, 0.15) is 0 Å². The van der Waals surface area contributed by atoms with Crippen LogP contribution in [-0.2, 0) is 21.9 Å². The molecule has 2 heterocycles. The molecule has 0 atom stereocenters. The van der Waals surface area contributed by atoms with Crippen LogP contribution in [0.4, 0.5) is 0 Å². The number of aromatic nitrogens is 2. The summed E-state index contributed by atoms with van der Waals surface area (Å²) in [5.74, 6) is 0.113. The van der Waals surface area contributed by atoms with Crippen molar-refractivity contribution in [3.63, 3.8) is 0 Å². The standard InChI is InChI=1S/C13H20N4O3S/c1-17-8-12(14-9-17)21(19,20)16-10-2-5-13(6-3-10)7-4-11(18)15-13/h8-10,16H,2-7H2,1H3,(H,15,18). The van der Waals surface area contributed by atoms with Gasteiger partial charge in [0.15, 0.2) is 5.03 Å². The van der Waals surface area contributed by atoms with Crippen molar-refractivity contribution >= 4 is 15.9 Å². The van der Waals surface area contributed by atoms with E-state index in [9.17, 15) is 13.2 Å². The van der Waals surface area contributed by atoms with Crippen LogP contribution in [0, 0.1) is 0 Å². The van der Waals surface area contributed by atoms with Crippen LogP contribution in [-0.4, -0.2) is 35.5 Å². The van der Waals surface area contributed by atoms with E-state index in [2.05, 4.69) is 15.0 Å². The lowest BCUT2D eigenvalue weighted by molar-refractivity contribution is -0.120. The van der Waals surface area contributed by atoms with Crippen molar-refractivity contribution in [2.24, 2.45) is 7.05 Å². The minimum atomic E-state index is -3.55. The van der Waals surface area contributed by atoms with Crippen LogP contribution in [0.3, 0.4) is 0 Å². The van der Waals surface area contributed by atoms with Crippen LogP contribution in [0.1, 0.15) is 38.5 Å². The molecule has 0 bridgehead atoms. The van der Waals surface area contributed by atoms with Crippen LogP contribution >= 0.6 is 0 Å². The molecule has 1 saturated carbocycles. The van der Waals surface area contributed by atoms with Crippen LogP contribution < -0.4 is 10.0 Å². The van der Waals surface area contributed by atoms with Gasteiger partial charge in [-0.25, -0.2) is 18.1 Å². The molecular weight excluding hydrogens is 292 g/mol. The largest absolute Gasteiger partial charge is 0.351 e. The van der Waals surface area contributed by atoms with Crippen molar-refractivity contribution in [1.82, 2.24) is 19.6 Å². The highest BCUT2D eigenvalue weighted by atomic mass is 32.2. The quantitative estimate of drug-likeness (QED) is 0.839. The molecule has 1 saturated heterocycles. The number of nitrogens with one attached hydrogen (secondary N) is 2. The van der Waals surface area contributed by atoms with Crippen molar-refractivity contribution < 1.29 is 13.2 Å². The number of sulfonamides is 1. The van der Waals surface area contributed by atoms with E-state index in [4.69, 9.17) is 0 Å². The average Bonchev–Trinajstić information content (AvgIpc) is 3.00. The molecule has 116 valence electrons. The molecule has 3 rings (SSSR count). The fraction of sp³-hybridized carbons (Fsp3) is 0.692. The Bertz CT molecular complexity index is 644. The predicted molar refractivity (Wildman–Crippen MR) is 75.9 cm³/mol. The monoisotopic (exact) mass is 312 g/mol. The number of hydrogen-bond acceptors (Lipinski definition) is 4. The number of hydrogen-bond donors (Lipinski definition) is 2. The van der Waals surface area contributed by atoms with Crippen LogP contribution in [0.25, 0.3) is 0 Å². The highest BCUT2D eigenvalue weighted by Crippen LogP contribution is 2.35. The lowest BCUT2D eigenvalue weighted by Gasteiger charge is -2.37. The highest BCUT2D eigenvalue weighted by Gasteiger charge is 2.41. The van der Waals surface area contributed by atoms with Gasteiger partial charge in [0.2, 0.25) is 5.91 Å². The first-order valence-electron chi connectivity index (χ1n) is 7.20. The topological polar surface area (TPSA) is 93.1 Å². The maximum Gasteiger partial charge on any atom is 0.259 e. The van der Waals surface area contributed by atoms with E-state index in [0.717, 1.165) is 32.1 Å². The molecule has 0 aromatic carbocycles. The van der Waals surface area contributed by atoms with E-state index < -0.39 is 10.0 Å². The fourth-order valence-corrected chi connectivity index (χ4v) is 4.53. The second-order valence-corrected chi connectivity index (χ2v) is 7.76. The summed E-state index contributed by atoms with van der Waals surface area (Å²) >= 11 is 0. The minimum absolute atomic E-state index is 0.0551. The summed E-state index contributed by atoms with van der Waals surface area (Å²) in [6, 6.07) is -0.0832. The van der Waals surface area contributed by atoms with Crippen LogP contribution in [0.5, 0.6) is 0 Å². The lowest BCUT2D eigenvalue weighted by Crippen LogP contribution is -2.48. The average molecular weight is 312 g/mol. The van der Waals surface area contributed by atoms with E-state index in [1.165, 1.54) is 12.5 Å². The molecule has 1 aromatic rings. The first kappa shape index (κ1) is 14.5. The number of aryl methyl sites for hydroxylation is 1. The number of carbonyl (C=O) groups is 1. The van der Waals surface area contributed by atoms with Gasteiger partial charge in [-0.05, 0) is 32.1 Å². The van der Waals surface area contributed by atoms with Gasteiger partial charge in [-0.2, -0.15) is 0 Å². The van der Waals surface area contributed by atoms with Gasteiger partial charge < -0.3 is 9.88 Å². The Morgan fingerprint density at radius 2 is 2.10 bits per heavy atom. The number of amides is 1. The molecule has 1 amide bonds. The molecular formula is C13H20N4O3S. The summed E-state index contributed by atoms with van der Waals surface area (Å²) in [5.41, 5.74) is -0.0932. The van der Waals surface area contributed by atoms with E-state index in [-0.39, 0.29) is 22.5 Å². The zero-order chi connectivity index (χ0) is 15.1. The molecule has 2 fully saturated rings. The van der Waals surface area contributed by atoms with Gasteiger partial charge in [0, 0.05) is 31.2 Å². The molecule has 7 nitrogen and oxygen atoms in total. The highest BCUT2D eigenvalue weighted by molar-refractivity contribution is 7.89. The zero-order valence-corrected chi connectivity index (χ0v) is 12.8. The molecule has 0 radical (unpaired) electrons. The van der Waals surface area contributed by atoms with E-state index in [0.29, 0.717) is 6.42 Å². The third kappa shape index (κ3) is 2.96. The third-order valence-corrected chi connectivity index (χ3v) is 5.86. The summed E-state index contributed by atoms with van der Waals surface area (Å²) in [5, 5.41) is 3.11. The van der Waals surface area contributed by atoms with E-state index in [1.807, 2.05) is 0 Å². The smallest absolute Gasteiger partial charge is 0.259 e. The van der Waals surface area contributed by atoms with Gasteiger partial charge in [-0.3, -0.25) is 4.79 Å². The lowest BCUT2D eigenvalue weighted by atomic mass is 9.79. The number of carbonyl (C=O) groups excluding carboxylic acids is 1. The maximum absolute atomic E-state index is 12.2. The van der Waals surface area contributed by atoms with Crippen molar-refractivity contribution in [2.45, 2.75) is 55.1 Å². The van der Waals surface area contributed by atoms with Crippen LogP contribution in [0.2, 0.25) is 0 Å². The Balaban J connectivity index is 1.62. The Morgan fingerprint density at radius 3 is 2.62 bits per heavy atom. The molecule has 0 unspecified atom stereocenters. The summed E-state index contributed by atoms with van der Waals surface area (Å²) < 4.78 is 28.8. The summed E-state index contributed by atoms with van der Waals surface area (Å²) in [6.45, 7) is 0. The minimum Gasteiger partial charge on any atom is -0.351 e. The van der Waals surface area contributed by atoms with Gasteiger partial charge >= 0.3 is 0 Å². The molecule has 2 aliphatic rings. The summed E-state index contributed by atoms with van der Waals surface area (Å²) in [6.07, 6.45) is 7.55. The normalized spacial score (nSPS) is 29.8. The molecule has 1 spiro atoms. The Morgan fingerprint density at radius 1 is 1.38 bits per heavy atom. The van der Waals surface area contributed by atoms with Gasteiger partial charge in [0.25, 0.3) is 10.0 Å². The number of nitrogens with zero attached hydrogens (tertiary/aromatic N) is 2. The van der Waals surface area contributed by atoms with E-state index >= 15 is 0 Å².